The van der Waals surface area contributed by atoms with Gasteiger partial charge in [-0.05, 0) is 24.6 Å². The van der Waals surface area contributed by atoms with E-state index in [0.29, 0.717) is 17.4 Å². The summed E-state index contributed by atoms with van der Waals surface area (Å²) in [6, 6.07) is 5.58. The second-order valence-corrected chi connectivity index (χ2v) is 5.87. The summed E-state index contributed by atoms with van der Waals surface area (Å²) in [4.78, 5) is 5.42. The van der Waals surface area contributed by atoms with Crippen molar-refractivity contribution in [1.82, 2.24) is 9.38 Å². The quantitative estimate of drug-likeness (QED) is 0.800. The Balaban J connectivity index is 1.73. The number of nitrogens with zero attached hydrogens (tertiary/aromatic N) is 2. The number of halogens is 1. The Bertz CT molecular complexity index is 706. The van der Waals surface area contributed by atoms with Crippen molar-refractivity contribution in [2.75, 3.05) is 0 Å². The standard InChI is InChI=1S/C14H14ClN3OS/c1-9(16)10-2-3-13(12(15)6-10)19-8-11-7-18-4-5-20-14(18)17-11/h2-7,9H,8,16H2,1H3/t9-/m0/s1. The van der Waals surface area contributed by atoms with E-state index in [0.717, 1.165) is 16.2 Å². The van der Waals surface area contributed by atoms with Crippen LogP contribution in [0.3, 0.4) is 0 Å². The van der Waals surface area contributed by atoms with E-state index in [1.54, 1.807) is 11.3 Å². The number of thiazole rings is 1. The van der Waals surface area contributed by atoms with E-state index in [4.69, 9.17) is 22.1 Å². The molecule has 0 fully saturated rings. The maximum absolute atomic E-state index is 6.19. The summed E-state index contributed by atoms with van der Waals surface area (Å²) in [7, 11) is 0. The van der Waals surface area contributed by atoms with Gasteiger partial charge in [-0.2, -0.15) is 0 Å². The zero-order chi connectivity index (χ0) is 14.1. The molecular formula is C14H14ClN3OS. The molecule has 0 spiro atoms. The number of hydrogen-bond donors (Lipinski definition) is 1. The molecule has 0 radical (unpaired) electrons. The molecule has 0 saturated heterocycles. The third kappa shape index (κ3) is 2.65. The summed E-state index contributed by atoms with van der Waals surface area (Å²) in [5, 5.41) is 2.57. The van der Waals surface area contributed by atoms with Crippen molar-refractivity contribution in [3.63, 3.8) is 0 Å². The lowest BCUT2D eigenvalue weighted by molar-refractivity contribution is 0.302. The van der Waals surface area contributed by atoms with Gasteiger partial charge in [0.15, 0.2) is 4.96 Å². The molecule has 2 heterocycles. The number of benzene rings is 1. The monoisotopic (exact) mass is 307 g/mol. The van der Waals surface area contributed by atoms with Gasteiger partial charge in [0.05, 0.1) is 10.7 Å². The average molecular weight is 308 g/mol. The van der Waals surface area contributed by atoms with Gasteiger partial charge in [0.1, 0.15) is 12.4 Å². The highest BCUT2D eigenvalue weighted by molar-refractivity contribution is 7.15. The van der Waals surface area contributed by atoms with E-state index < -0.39 is 0 Å². The van der Waals surface area contributed by atoms with Gasteiger partial charge >= 0.3 is 0 Å². The van der Waals surface area contributed by atoms with Crippen molar-refractivity contribution in [2.45, 2.75) is 19.6 Å². The van der Waals surface area contributed by atoms with Crippen molar-refractivity contribution in [3.8, 4) is 5.75 Å². The molecule has 20 heavy (non-hydrogen) atoms. The Morgan fingerprint density at radius 1 is 1.50 bits per heavy atom. The average Bonchev–Trinajstić information content (AvgIpc) is 2.97. The van der Waals surface area contributed by atoms with E-state index in [9.17, 15) is 0 Å². The summed E-state index contributed by atoms with van der Waals surface area (Å²) in [6.45, 7) is 2.32. The Hall–Kier alpha value is -1.56. The molecule has 0 aliphatic carbocycles. The molecule has 0 bridgehead atoms. The Labute approximate surface area is 125 Å². The van der Waals surface area contributed by atoms with Crippen molar-refractivity contribution in [3.05, 3.63) is 52.3 Å². The van der Waals surface area contributed by atoms with Crippen LogP contribution in [0.4, 0.5) is 0 Å². The first kappa shape index (κ1) is 13.4. The normalized spacial score (nSPS) is 12.8. The van der Waals surface area contributed by atoms with Gasteiger partial charge in [-0.3, -0.25) is 4.40 Å². The second-order valence-electron chi connectivity index (χ2n) is 4.59. The number of imidazole rings is 1. The number of rotatable bonds is 4. The molecule has 4 nitrogen and oxygen atoms in total. The van der Waals surface area contributed by atoms with Crippen LogP contribution >= 0.6 is 22.9 Å². The van der Waals surface area contributed by atoms with Crippen LogP contribution in [-0.4, -0.2) is 9.38 Å². The minimum absolute atomic E-state index is 0.0403. The maximum Gasteiger partial charge on any atom is 0.193 e. The predicted molar refractivity (Wildman–Crippen MR) is 81.5 cm³/mol. The summed E-state index contributed by atoms with van der Waals surface area (Å²) < 4.78 is 7.69. The topological polar surface area (TPSA) is 52.5 Å². The predicted octanol–water partition coefficient (Wildman–Crippen LogP) is 3.65. The lowest BCUT2D eigenvalue weighted by atomic mass is 10.1. The molecule has 0 amide bonds. The fraction of sp³-hybridized carbons (Fsp3) is 0.214. The van der Waals surface area contributed by atoms with Crippen molar-refractivity contribution in [1.29, 1.82) is 0 Å². The first-order chi connectivity index (χ1) is 9.63. The smallest absolute Gasteiger partial charge is 0.193 e. The molecule has 0 saturated carbocycles. The highest BCUT2D eigenvalue weighted by Crippen LogP contribution is 2.28. The number of ether oxygens (including phenoxy) is 1. The third-order valence-corrected chi connectivity index (χ3v) is 4.07. The molecule has 0 aliphatic heterocycles. The fourth-order valence-corrected chi connectivity index (χ4v) is 2.88. The van der Waals surface area contributed by atoms with Crippen LogP contribution in [0.5, 0.6) is 5.75 Å². The van der Waals surface area contributed by atoms with Gasteiger partial charge in [-0.25, -0.2) is 4.98 Å². The van der Waals surface area contributed by atoms with Gasteiger partial charge < -0.3 is 10.5 Å². The number of fused-ring (bicyclic) bond motifs is 1. The summed E-state index contributed by atoms with van der Waals surface area (Å²) >= 11 is 7.79. The third-order valence-electron chi connectivity index (χ3n) is 3.00. The molecule has 104 valence electrons. The maximum atomic E-state index is 6.19. The van der Waals surface area contributed by atoms with E-state index in [-0.39, 0.29) is 6.04 Å². The molecular weight excluding hydrogens is 294 g/mol. The largest absolute Gasteiger partial charge is 0.486 e. The fourth-order valence-electron chi connectivity index (χ4n) is 1.91. The van der Waals surface area contributed by atoms with Gasteiger partial charge in [-0.1, -0.05) is 17.7 Å². The van der Waals surface area contributed by atoms with Crippen molar-refractivity contribution >= 4 is 27.9 Å². The van der Waals surface area contributed by atoms with Crippen LogP contribution in [0, 0.1) is 0 Å². The summed E-state index contributed by atoms with van der Waals surface area (Å²) in [5.41, 5.74) is 7.69. The molecule has 0 unspecified atom stereocenters. The van der Waals surface area contributed by atoms with E-state index in [1.165, 1.54) is 0 Å². The Kier molecular flexibility index (Phi) is 3.65. The Morgan fingerprint density at radius 3 is 3.05 bits per heavy atom. The number of nitrogens with two attached hydrogens (primary N) is 1. The summed E-state index contributed by atoms with van der Waals surface area (Å²) in [5.74, 6) is 0.646. The lowest BCUT2D eigenvalue weighted by Gasteiger charge is -2.10. The highest BCUT2D eigenvalue weighted by atomic mass is 35.5. The minimum Gasteiger partial charge on any atom is -0.486 e. The van der Waals surface area contributed by atoms with Gasteiger partial charge in [0.25, 0.3) is 0 Å². The molecule has 1 aromatic carbocycles. The molecule has 3 aromatic rings. The molecule has 6 heteroatoms. The van der Waals surface area contributed by atoms with Gasteiger partial charge in [-0.15, -0.1) is 11.3 Å². The van der Waals surface area contributed by atoms with Crippen LogP contribution in [0.1, 0.15) is 24.2 Å². The van der Waals surface area contributed by atoms with Crippen molar-refractivity contribution in [2.24, 2.45) is 5.73 Å². The van der Waals surface area contributed by atoms with Gasteiger partial charge in [0, 0.05) is 23.8 Å². The highest BCUT2D eigenvalue weighted by Gasteiger charge is 2.08. The molecule has 3 rings (SSSR count). The SMILES string of the molecule is C[C@H](N)c1ccc(OCc2cn3ccsc3n2)c(Cl)c1. The lowest BCUT2D eigenvalue weighted by Crippen LogP contribution is -2.05. The minimum atomic E-state index is -0.0403. The van der Waals surface area contributed by atoms with Crippen molar-refractivity contribution < 1.29 is 4.74 Å². The molecule has 0 aliphatic rings. The summed E-state index contributed by atoms with van der Waals surface area (Å²) in [6.07, 6.45) is 3.93. The van der Waals surface area contributed by atoms with Crippen LogP contribution < -0.4 is 10.5 Å². The zero-order valence-electron chi connectivity index (χ0n) is 10.9. The zero-order valence-corrected chi connectivity index (χ0v) is 12.5. The van der Waals surface area contributed by atoms with Crippen LogP contribution in [0.15, 0.2) is 36.0 Å². The molecule has 2 N–H and O–H groups in total. The van der Waals surface area contributed by atoms with Crippen LogP contribution in [0.2, 0.25) is 5.02 Å². The number of aromatic nitrogens is 2. The van der Waals surface area contributed by atoms with Crippen LogP contribution in [0.25, 0.3) is 4.96 Å². The first-order valence-corrected chi connectivity index (χ1v) is 7.48. The second kappa shape index (κ2) is 5.44. The first-order valence-electron chi connectivity index (χ1n) is 6.22. The van der Waals surface area contributed by atoms with E-state index in [1.807, 2.05) is 47.3 Å². The number of hydrogen-bond acceptors (Lipinski definition) is 4. The van der Waals surface area contributed by atoms with Crippen LogP contribution in [-0.2, 0) is 6.61 Å². The Morgan fingerprint density at radius 2 is 2.35 bits per heavy atom. The van der Waals surface area contributed by atoms with E-state index in [2.05, 4.69) is 4.98 Å². The van der Waals surface area contributed by atoms with Gasteiger partial charge in [0.2, 0.25) is 0 Å². The van der Waals surface area contributed by atoms with E-state index >= 15 is 0 Å². The molecule has 1 atom stereocenters. The molecule has 2 aromatic heterocycles.